The number of hydrogen-bond acceptors (Lipinski definition) is 0. The molecule has 0 aliphatic heterocycles. The lowest BCUT2D eigenvalue weighted by atomic mass is 10.2. The standard InChI is InChI=1S/C7H17Si.BrH.Mg/c1-7(2,3)8(4,5)6;;/h4H2,1-3,5-6H3;1H;/q;;+1/p-1. The molecule has 0 saturated carbocycles. The van der Waals surface area contributed by atoms with Crippen LogP contribution in [0.25, 0.3) is 0 Å². The summed E-state index contributed by atoms with van der Waals surface area (Å²) in [5.74, 6) is 0. The lowest BCUT2D eigenvalue weighted by molar-refractivity contribution is 0.722. The van der Waals surface area contributed by atoms with E-state index in [9.17, 15) is 0 Å². The maximum atomic E-state index is 3.65. The van der Waals surface area contributed by atoms with Crippen molar-refractivity contribution in [3.05, 3.63) is 0 Å². The molecule has 3 heteroatoms. The third kappa shape index (κ3) is 3.24. The number of halogens is 1. The van der Waals surface area contributed by atoms with E-state index in [0.717, 1.165) is 0 Å². The molecular formula is C7H17BrMgSi. The van der Waals surface area contributed by atoms with Gasteiger partial charge < -0.3 is 12.9 Å². The Morgan fingerprint density at radius 2 is 1.70 bits per heavy atom. The average molecular weight is 234 g/mol. The van der Waals surface area contributed by atoms with Crippen LogP contribution >= 0.6 is 12.9 Å². The second-order valence-electron chi connectivity index (χ2n) is 4.57. The number of hydrogen-bond donors (Lipinski definition) is 0. The highest BCUT2D eigenvalue weighted by Crippen LogP contribution is 2.38. The van der Waals surface area contributed by atoms with Crippen molar-refractivity contribution in [1.29, 1.82) is 0 Å². The summed E-state index contributed by atoms with van der Waals surface area (Å²) in [4.78, 5) is 0. The molecule has 0 unspecified atom stereocenters. The fraction of sp³-hybridized carbons (Fsp3) is 1.00. The Bertz CT molecular complexity index is 107. The van der Waals surface area contributed by atoms with Crippen molar-refractivity contribution >= 4 is 39.2 Å². The first-order valence-electron chi connectivity index (χ1n) is 3.87. The van der Waals surface area contributed by atoms with E-state index in [1.807, 2.05) is 0 Å². The van der Waals surface area contributed by atoms with E-state index in [1.165, 1.54) is 4.17 Å². The molecule has 0 aliphatic carbocycles. The summed E-state index contributed by atoms with van der Waals surface area (Å²) < 4.78 is 1.52. The third-order valence-corrected chi connectivity index (χ3v) is 16.1. The highest BCUT2D eigenvalue weighted by atomic mass is 79.9. The van der Waals surface area contributed by atoms with E-state index < -0.39 is 8.07 Å². The van der Waals surface area contributed by atoms with Gasteiger partial charge in [0.25, 0.3) is 0 Å². The molecule has 0 saturated heterocycles. The molecule has 0 aromatic rings. The molecule has 10 heavy (non-hydrogen) atoms. The van der Waals surface area contributed by atoms with E-state index in [2.05, 4.69) is 46.7 Å². The summed E-state index contributed by atoms with van der Waals surface area (Å²) in [6.45, 7) is 12.2. The zero-order valence-electron chi connectivity index (χ0n) is 7.79. The Hall–Kier alpha value is 1.46. The maximum Gasteiger partial charge on any atom is 0.465 e. The fourth-order valence-corrected chi connectivity index (χ4v) is 14.4. The molecule has 0 aliphatic rings. The largest absolute Gasteiger partial charge is 0.465 e. The minimum absolute atomic E-state index is 0.104. The first kappa shape index (κ1) is 11.5. The molecular weight excluding hydrogens is 216 g/mol. The van der Waals surface area contributed by atoms with Crippen LogP contribution in [0.5, 0.6) is 0 Å². The second-order valence-corrected chi connectivity index (χ2v) is 14.6. The Balaban J connectivity index is 4.10. The van der Waals surface area contributed by atoms with Crippen LogP contribution < -0.4 is 0 Å². The van der Waals surface area contributed by atoms with Crippen molar-refractivity contribution in [2.45, 2.75) is 43.1 Å². The molecule has 0 aromatic heterocycles. The van der Waals surface area contributed by atoms with Crippen LogP contribution in [0, 0.1) is 0 Å². The first-order valence-corrected chi connectivity index (χ1v) is 12.0. The molecule has 0 atom stereocenters. The molecule has 0 N–H and O–H groups in total. The molecule has 0 aromatic carbocycles. The molecule has 0 bridgehead atoms. The Kier molecular flexibility index (Phi) is 4.49. The molecule has 0 rings (SSSR count). The van der Waals surface area contributed by atoms with E-state index in [0.29, 0.717) is 5.04 Å². The van der Waals surface area contributed by atoms with E-state index in [1.54, 1.807) is 0 Å². The van der Waals surface area contributed by atoms with Gasteiger partial charge in [0.2, 0.25) is 0 Å². The zero-order valence-corrected chi connectivity index (χ0v) is 11.8. The molecule has 58 valence electrons. The van der Waals surface area contributed by atoms with Gasteiger partial charge in [0.05, 0.1) is 0 Å². The smallest absolute Gasteiger partial charge is 0.307 e. The summed E-state index contributed by atoms with van der Waals surface area (Å²) >= 11 is 3.76. The van der Waals surface area contributed by atoms with Crippen molar-refractivity contribution in [2.75, 3.05) is 0 Å². The number of rotatable bonds is 2. The van der Waals surface area contributed by atoms with Gasteiger partial charge in [0, 0.05) is 8.07 Å². The topological polar surface area (TPSA) is 0 Å². The summed E-state index contributed by atoms with van der Waals surface area (Å²) in [7, 11) is -0.890. The minimum Gasteiger partial charge on any atom is -0.307 e. The van der Waals surface area contributed by atoms with E-state index in [4.69, 9.17) is 0 Å². The zero-order chi connectivity index (χ0) is 8.41. The predicted molar refractivity (Wildman–Crippen MR) is 56.7 cm³/mol. The van der Waals surface area contributed by atoms with E-state index in [-0.39, 0.29) is 18.2 Å². The van der Waals surface area contributed by atoms with Crippen molar-refractivity contribution in [2.24, 2.45) is 0 Å². The average Bonchev–Trinajstić information content (AvgIpc) is 1.61. The lowest BCUT2D eigenvalue weighted by Crippen LogP contribution is -2.37. The molecule has 0 spiro atoms. The van der Waals surface area contributed by atoms with Crippen molar-refractivity contribution in [3.63, 3.8) is 0 Å². The molecule has 0 nitrogen and oxygen atoms in total. The van der Waals surface area contributed by atoms with Gasteiger partial charge in [0.15, 0.2) is 0 Å². The Labute approximate surface area is 81.8 Å². The predicted octanol–water partition coefficient (Wildman–Crippen LogP) is 3.47. The lowest BCUT2D eigenvalue weighted by Gasteiger charge is -2.37. The maximum absolute atomic E-state index is 3.65. The van der Waals surface area contributed by atoms with Crippen LogP contribution in [0.1, 0.15) is 20.8 Å². The van der Waals surface area contributed by atoms with Crippen LogP contribution in [0.3, 0.4) is 0 Å². The van der Waals surface area contributed by atoms with Crippen LogP contribution in [-0.4, -0.2) is 26.3 Å². The van der Waals surface area contributed by atoms with Crippen molar-refractivity contribution in [3.8, 4) is 0 Å². The third-order valence-electron chi connectivity index (χ3n) is 2.75. The quantitative estimate of drug-likeness (QED) is 0.641. The SMILES string of the molecule is CC(C)(C)[Si](C)(C)[CH2][Mg][Br]. The van der Waals surface area contributed by atoms with Gasteiger partial charge in [0.1, 0.15) is 0 Å². The van der Waals surface area contributed by atoms with Gasteiger partial charge in [-0.25, -0.2) is 0 Å². The summed E-state index contributed by atoms with van der Waals surface area (Å²) in [6, 6.07) is 0. The highest BCUT2D eigenvalue weighted by Gasteiger charge is 2.33. The monoisotopic (exact) mass is 232 g/mol. The van der Waals surface area contributed by atoms with Crippen LogP contribution in [0.15, 0.2) is 0 Å². The summed E-state index contributed by atoms with van der Waals surface area (Å²) in [6.07, 6.45) is 0. The molecule has 0 fully saturated rings. The normalized spacial score (nSPS) is 13.0. The van der Waals surface area contributed by atoms with Gasteiger partial charge in [-0.15, -0.1) is 4.17 Å². The second kappa shape index (κ2) is 3.92. The first-order chi connectivity index (χ1) is 4.31. The van der Waals surface area contributed by atoms with Crippen LogP contribution in [0.2, 0.25) is 22.3 Å². The fourth-order valence-electron chi connectivity index (χ4n) is 0.611. The van der Waals surface area contributed by atoms with E-state index >= 15 is 0 Å². The van der Waals surface area contributed by atoms with Crippen LogP contribution in [-0.2, 0) is 0 Å². The Morgan fingerprint density at radius 1 is 1.30 bits per heavy atom. The minimum atomic E-state index is -0.890. The molecule has 0 amide bonds. The van der Waals surface area contributed by atoms with Gasteiger partial charge in [-0.1, -0.05) is 33.9 Å². The van der Waals surface area contributed by atoms with Gasteiger partial charge in [-0.2, -0.15) is 0 Å². The van der Waals surface area contributed by atoms with Crippen LogP contribution in [0.4, 0.5) is 0 Å². The molecule has 0 heterocycles. The van der Waals surface area contributed by atoms with Gasteiger partial charge >= 0.3 is 18.2 Å². The van der Waals surface area contributed by atoms with Crippen molar-refractivity contribution < 1.29 is 0 Å². The molecule has 0 radical (unpaired) electrons. The van der Waals surface area contributed by atoms with Gasteiger partial charge in [-0.3, -0.25) is 0 Å². The van der Waals surface area contributed by atoms with Crippen molar-refractivity contribution in [1.82, 2.24) is 0 Å². The Morgan fingerprint density at radius 3 is 1.80 bits per heavy atom. The highest BCUT2D eigenvalue weighted by molar-refractivity contribution is 9.23. The van der Waals surface area contributed by atoms with Gasteiger partial charge in [-0.05, 0) is 5.04 Å². The summed E-state index contributed by atoms with van der Waals surface area (Å²) in [5.41, 5.74) is 0. The summed E-state index contributed by atoms with van der Waals surface area (Å²) in [5, 5.41) is 0.591.